The Bertz CT molecular complexity index is 540. The van der Waals surface area contributed by atoms with Crippen molar-refractivity contribution in [1.82, 2.24) is 0 Å². The minimum atomic E-state index is 0.661. The molecule has 0 aromatic heterocycles. The molecule has 4 saturated carbocycles. The molecule has 0 amide bonds. The van der Waals surface area contributed by atoms with Gasteiger partial charge in [0, 0.05) is 4.83 Å². The summed E-state index contributed by atoms with van der Waals surface area (Å²) in [5, 5.41) is 0. The average molecular weight is 452 g/mol. The van der Waals surface area contributed by atoms with Gasteiger partial charge in [0.05, 0.1) is 0 Å². The highest BCUT2D eigenvalue weighted by Crippen LogP contribution is 2.68. The predicted molar refractivity (Wildman–Crippen MR) is 126 cm³/mol. The zero-order valence-corrected chi connectivity index (χ0v) is 21.1. The molecule has 162 valence electrons. The number of alkyl halides is 1. The normalized spacial score (nSPS) is 49.4. The lowest BCUT2D eigenvalue weighted by Gasteiger charge is -2.61. The van der Waals surface area contributed by atoms with Crippen LogP contribution >= 0.6 is 15.9 Å². The lowest BCUT2D eigenvalue weighted by atomic mass is 9.44. The highest BCUT2D eigenvalue weighted by atomic mass is 79.9. The van der Waals surface area contributed by atoms with Crippen LogP contribution in [0.3, 0.4) is 0 Å². The van der Waals surface area contributed by atoms with E-state index in [-0.39, 0.29) is 0 Å². The molecule has 0 N–H and O–H groups in total. The van der Waals surface area contributed by atoms with Crippen molar-refractivity contribution in [3.63, 3.8) is 0 Å². The van der Waals surface area contributed by atoms with Gasteiger partial charge in [-0.25, -0.2) is 0 Å². The van der Waals surface area contributed by atoms with Gasteiger partial charge in [-0.2, -0.15) is 0 Å². The van der Waals surface area contributed by atoms with Crippen molar-refractivity contribution in [2.45, 2.75) is 116 Å². The fourth-order valence-electron chi connectivity index (χ4n) is 9.23. The Morgan fingerprint density at radius 2 is 1.54 bits per heavy atom. The molecular formula is C27H47Br. The van der Waals surface area contributed by atoms with Gasteiger partial charge in [-0.05, 0) is 110 Å². The van der Waals surface area contributed by atoms with Crippen LogP contribution in [-0.4, -0.2) is 4.83 Å². The van der Waals surface area contributed by atoms with Crippen LogP contribution in [0.4, 0.5) is 0 Å². The summed E-state index contributed by atoms with van der Waals surface area (Å²) in [6.07, 6.45) is 18.0. The smallest absolute Gasteiger partial charge is 0.0148 e. The molecule has 28 heavy (non-hydrogen) atoms. The molecule has 0 aromatic carbocycles. The molecule has 0 nitrogen and oxygen atoms in total. The van der Waals surface area contributed by atoms with Gasteiger partial charge in [-0.15, -0.1) is 0 Å². The maximum Gasteiger partial charge on any atom is 0.0148 e. The lowest BCUT2D eigenvalue weighted by molar-refractivity contribution is -0.113. The van der Waals surface area contributed by atoms with E-state index in [0.717, 1.165) is 46.3 Å². The van der Waals surface area contributed by atoms with Gasteiger partial charge in [0.15, 0.2) is 0 Å². The van der Waals surface area contributed by atoms with Crippen LogP contribution in [0.5, 0.6) is 0 Å². The number of rotatable bonds is 5. The van der Waals surface area contributed by atoms with Crippen LogP contribution < -0.4 is 0 Å². The van der Waals surface area contributed by atoms with Crippen molar-refractivity contribution in [2.75, 3.05) is 0 Å². The van der Waals surface area contributed by atoms with Gasteiger partial charge in [-0.1, -0.05) is 69.8 Å². The van der Waals surface area contributed by atoms with E-state index in [1.54, 1.807) is 19.3 Å². The monoisotopic (exact) mass is 450 g/mol. The quantitative estimate of drug-likeness (QED) is 0.366. The number of fused-ring (bicyclic) bond motifs is 5. The Kier molecular flexibility index (Phi) is 6.35. The SMILES string of the molecule is CC(C)CCC[C@@H](C)[C@@H]1CC[C@@H]2[C@@H]3CC[C@H]4C[C@H](Br)CC[C@]4(C)[C@H]3CC[C@]21C. The maximum absolute atomic E-state index is 3.97. The van der Waals surface area contributed by atoms with Gasteiger partial charge in [0.25, 0.3) is 0 Å². The molecule has 0 aliphatic heterocycles. The summed E-state index contributed by atoms with van der Waals surface area (Å²) in [6.45, 7) is 12.9. The third kappa shape index (κ3) is 3.67. The number of hydrogen-bond donors (Lipinski definition) is 0. The van der Waals surface area contributed by atoms with Crippen LogP contribution in [0.1, 0.15) is 112 Å². The van der Waals surface area contributed by atoms with Gasteiger partial charge >= 0.3 is 0 Å². The van der Waals surface area contributed by atoms with E-state index in [2.05, 4.69) is 50.5 Å². The summed E-state index contributed by atoms with van der Waals surface area (Å²) in [5.74, 6) is 6.97. The van der Waals surface area contributed by atoms with E-state index in [0.29, 0.717) is 10.8 Å². The first-order valence-electron chi connectivity index (χ1n) is 12.9. The molecule has 0 bridgehead atoms. The van der Waals surface area contributed by atoms with E-state index < -0.39 is 0 Å². The molecule has 1 heteroatoms. The molecule has 0 heterocycles. The van der Waals surface area contributed by atoms with Gasteiger partial charge in [0.2, 0.25) is 0 Å². The second kappa shape index (κ2) is 8.20. The molecule has 0 saturated heterocycles. The van der Waals surface area contributed by atoms with Crippen molar-refractivity contribution < 1.29 is 0 Å². The summed E-state index contributed by atoms with van der Waals surface area (Å²) in [7, 11) is 0. The van der Waals surface area contributed by atoms with Crippen molar-refractivity contribution in [3.05, 3.63) is 0 Å². The summed E-state index contributed by atoms with van der Waals surface area (Å²) in [5.41, 5.74) is 1.32. The van der Waals surface area contributed by atoms with E-state index in [1.807, 2.05) is 0 Å². The van der Waals surface area contributed by atoms with Gasteiger partial charge < -0.3 is 0 Å². The molecule has 0 unspecified atom stereocenters. The molecular weight excluding hydrogens is 404 g/mol. The second-order valence-corrected chi connectivity index (χ2v) is 13.9. The van der Waals surface area contributed by atoms with E-state index in [9.17, 15) is 0 Å². The number of halogens is 1. The van der Waals surface area contributed by atoms with E-state index >= 15 is 0 Å². The van der Waals surface area contributed by atoms with Crippen molar-refractivity contribution in [2.24, 2.45) is 52.3 Å². The molecule has 4 aliphatic rings. The average Bonchev–Trinajstić information content (AvgIpc) is 2.99. The van der Waals surface area contributed by atoms with E-state index in [1.165, 1.54) is 57.8 Å². The third-order valence-electron chi connectivity index (χ3n) is 10.8. The Labute approximate surface area is 184 Å². The Balaban J connectivity index is 1.46. The van der Waals surface area contributed by atoms with Crippen LogP contribution in [0.15, 0.2) is 0 Å². The zero-order chi connectivity index (χ0) is 20.1. The number of hydrogen-bond acceptors (Lipinski definition) is 0. The summed E-state index contributed by atoms with van der Waals surface area (Å²) < 4.78 is 0. The summed E-state index contributed by atoms with van der Waals surface area (Å²) in [4.78, 5) is 0.804. The fraction of sp³-hybridized carbons (Fsp3) is 1.00. The Morgan fingerprint density at radius 3 is 2.29 bits per heavy atom. The molecule has 4 aliphatic carbocycles. The first-order valence-corrected chi connectivity index (χ1v) is 13.8. The Morgan fingerprint density at radius 1 is 0.821 bits per heavy atom. The summed E-state index contributed by atoms with van der Waals surface area (Å²) in [6, 6.07) is 0. The second-order valence-electron chi connectivity index (χ2n) is 12.6. The van der Waals surface area contributed by atoms with Crippen molar-refractivity contribution in [3.8, 4) is 0 Å². The third-order valence-corrected chi connectivity index (χ3v) is 11.6. The minimum absolute atomic E-state index is 0.661. The van der Waals surface area contributed by atoms with Crippen LogP contribution in [0, 0.1) is 52.3 Å². The molecule has 4 fully saturated rings. The highest BCUT2D eigenvalue weighted by molar-refractivity contribution is 9.09. The van der Waals surface area contributed by atoms with Crippen LogP contribution in [-0.2, 0) is 0 Å². The first-order chi connectivity index (χ1) is 13.3. The van der Waals surface area contributed by atoms with Gasteiger partial charge in [0.1, 0.15) is 0 Å². The van der Waals surface area contributed by atoms with Crippen molar-refractivity contribution in [1.29, 1.82) is 0 Å². The molecule has 4 rings (SSSR count). The first kappa shape index (κ1) is 21.7. The molecule has 0 radical (unpaired) electrons. The molecule has 9 atom stereocenters. The largest absolute Gasteiger partial charge is 0.0891 e. The standard InChI is InChI=1S/C27H47Br/c1-18(2)7-6-8-19(3)23-11-12-24-22-10-9-20-17-21(28)13-15-26(20,4)25(22)14-16-27(23,24)5/h18-25H,6-17H2,1-5H3/t19-,20+,21-,22+,23+,24-,25+,26+,27+/m1/s1. The van der Waals surface area contributed by atoms with E-state index in [4.69, 9.17) is 0 Å². The minimum Gasteiger partial charge on any atom is -0.0891 e. The highest BCUT2D eigenvalue weighted by Gasteiger charge is 2.60. The van der Waals surface area contributed by atoms with Crippen LogP contribution in [0.25, 0.3) is 0 Å². The van der Waals surface area contributed by atoms with Gasteiger partial charge in [-0.3, -0.25) is 0 Å². The predicted octanol–water partition coefficient (Wildman–Crippen LogP) is 8.87. The topological polar surface area (TPSA) is 0 Å². The molecule has 0 spiro atoms. The molecule has 0 aromatic rings. The Hall–Kier alpha value is 0.480. The zero-order valence-electron chi connectivity index (χ0n) is 19.5. The van der Waals surface area contributed by atoms with Crippen molar-refractivity contribution >= 4 is 15.9 Å². The maximum atomic E-state index is 3.97. The lowest BCUT2D eigenvalue weighted by Crippen LogP contribution is -2.53. The fourth-order valence-corrected chi connectivity index (χ4v) is 9.91. The summed E-state index contributed by atoms with van der Waals surface area (Å²) >= 11 is 3.97. The van der Waals surface area contributed by atoms with Crippen LogP contribution in [0.2, 0.25) is 0 Å².